The molecule has 1 atom stereocenters. The van der Waals surface area contributed by atoms with Gasteiger partial charge in [-0.2, -0.15) is 0 Å². The molecule has 2 amide bonds. The summed E-state index contributed by atoms with van der Waals surface area (Å²) in [6, 6.07) is 13.1. The molecule has 0 aliphatic carbocycles. The topological polar surface area (TPSA) is 79.2 Å². The number of rotatable bonds is 3. The molecule has 1 heterocycles. The lowest BCUT2D eigenvalue weighted by Gasteiger charge is -2.14. The average Bonchev–Trinajstić information content (AvgIpc) is 2.93. The van der Waals surface area contributed by atoms with E-state index in [2.05, 4.69) is 16.0 Å². The lowest BCUT2D eigenvalue weighted by Crippen LogP contribution is -2.34. The Kier molecular flexibility index (Phi) is 4.14. The summed E-state index contributed by atoms with van der Waals surface area (Å²) < 4.78 is 12.8. The summed E-state index contributed by atoms with van der Waals surface area (Å²) in [6.07, 6.45) is 1.53. The minimum atomic E-state index is -0.346. The molecule has 1 unspecified atom stereocenters. The number of nitrogens with two attached hydrogens (primary N) is 1. The Hall–Kier alpha value is -3.02. The first-order valence-electron chi connectivity index (χ1n) is 7.25. The second-order valence-electron chi connectivity index (χ2n) is 5.21. The summed E-state index contributed by atoms with van der Waals surface area (Å²) >= 11 is 0. The summed E-state index contributed by atoms with van der Waals surface area (Å²) in [4.78, 5) is 11.9. The van der Waals surface area contributed by atoms with Crippen LogP contribution >= 0.6 is 0 Å². The monoisotopic (exact) mass is 312 g/mol. The standard InChI is InChI=1S/C17H17FN4O/c18-11-5-7-12(8-6-11)21-17(23)20-10-16-14-4-2-1-3-13(14)15(9-19)22-16/h1-9,16,22H,10,19H2,(H2,20,21,23)/b15-9-. The molecule has 0 fully saturated rings. The second kappa shape index (κ2) is 6.39. The van der Waals surface area contributed by atoms with E-state index in [0.29, 0.717) is 12.2 Å². The summed E-state index contributed by atoms with van der Waals surface area (Å²) in [5.74, 6) is -0.344. The number of fused-ring (bicyclic) bond motifs is 1. The van der Waals surface area contributed by atoms with Crippen LogP contribution < -0.4 is 21.7 Å². The molecule has 1 aliphatic heterocycles. The number of carbonyl (C=O) groups excluding carboxylic acids is 1. The molecule has 0 bridgehead atoms. The van der Waals surface area contributed by atoms with Crippen molar-refractivity contribution in [2.24, 2.45) is 5.73 Å². The molecule has 3 rings (SSSR count). The molecule has 23 heavy (non-hydrogen) atoms. The molecule has 1 aliphatic rings. The van der Waals surface area contributed by atoms with Crippen molar-refractivity contribution in [3.8, 4) is 0 Å². The van der Waals surface area contributed by atoms with Crippen molar-refractivity contribution < 1.29 is 9.18 Å². The Morgan fingerprint density at radius 2 is 1.96 bits per heavy atom. The van der Waals surface area contributed by atoms with Crippen LogP contribution in [0.25, 0.3) is 5.70 Å². The van der Waals surface area contributed by atoms with Crippen LogP contribution in [0.3, 0.4) is 0 Å². The minimum Gasteiger partial charge on any atom is -0.403 e. The Morgan fingerprint density at radius 1 is 1.22 bits per heavy atom. The van der Waals surface area contributed by atoms with Crippen molar-refractivity contribution >= 4 is 17.4 Å². The number of hydrogen-bond acceptors (Lipinski definition) is 3. The van der Waals surface area contributed by atoms with Gasteiger partial charge >= 0.3 is 6.03 Å². The maximum atomic E-state index is 12.8. The lowest BCUT2D eigenvalue weighted by atomic mass is 10.0. The highest BCUT2D eigenvalue weighted by molar-refractivity contribution is 5.89. The quantitative estimate of drug-likeness (QED) is 0.703. The summed E-state index contributed by atoms with van der Waals surface area (Å²) in [5.41, 5.74) is 9.14. The van der Waals surface area contributed by atoms with Gasteiger partial charge in [-0.05, 0) is 29.8 Å². The fraction of sp³-hybridized carbons (Fsp3) is 0.118. The highest BCUT2D eigenvalue weighted by Crippen LogP contribution is 2.31. The second-order valence-corrected chi connectivity index (χ2v) is 5.21. The van der Waals surface area contributed by atoms with Gasteiger partial charge < -0.3 is 21.7 Å². The number of nitrogens with one attached hydrogen (secondary N) is 3. The maximum Gasteiger partial charge on any atom is 0.319 e. The summed E-state index contributed by atoms with van der Waals surface area (Å²) in [7, 11) is 0. The third-order valence-electron chi connectivity index (χ3n) is 3.69. The van der Waals surface area contributed by atoms with Crippen LogP contribution in [0.15, 0.2) is 54.7 Å². The minimum absolute atomic E-state index is 0.0417. The zero-order valence-electron chi connectivity index (χ0n) is 12.3. The van der Waals surface area contributed by atoms with E-state index in [9.17, 15) is 9.18 Å². The lowest BCUT2D eigenvalue weighted by molar-refractivity contribution is 0.251. The summed E-state index contributed by atoms with van der Waals surface area (Å²) in [5, 5.41) is 8.73. The third-order valence-corrected chi connectivity index (χ3v) is 3.69. The van der Waals surface area contributed by atoms with Gasteiger partial charge in [0.25, 0.3) is 0 Å². The van der Waals surface area contributed by atoms with Crippen molar-refractivity contribution in [2.45, 2.75) is 6.04 Å². The zero-order valence-corrected chi connectivity index (χ0v) is 12.3. The maximum absolute atomic E-state index is 12.8. The van der Waals surface area contributed by atoms with Crippen molar-refractivity contribution in [2.75, 3.05) is 11.9 Å². The van der Waals surface area contributed by atoms with Gasteiger partial charge in [0.15, 0.2) is 0 Å². The molecular formula is C17H17FN4O. The summed E-state index contributed by atoms with van der Waals surface area (Å²) in [6.45, 7) is 0.404. The third kappa shape index (κ3) is 3.26. The van der Waals surface area contributed by atoms with Crippen LogP contribution in [0.5, 0.6) is 0 Å². The average molecular weight is 312 g/mol. The fourth-order valence-electron chi connectivity index (χ4n) is 2.59. The van der Waals surface area contributed by atoms with Crippen molar-refractivity contribution in [3.05, 3.63) is 71.7 Å². The van der Waals surface area contributed by atoms with E-state index >= 15 is 0 Å². The van der Waals surface area contributed by atoms with Crippen LogP contribution in [0.4, 0.5) is 14.9 Å². The normalized spacial score (nSPS) is 17.4. The molecule has 2 aromatic carbocycles. The zero-order chi connectivity index (χ0) is 16.2. The molecule has 5 nitrogen and oxygen atoms in total. The molecule has 0 saturated carbocycles. The van der Waals surface area contributed by atoms with Crippen molar-refractivity contribution in [1.82, 2.24) is 10.6 Å². The van der Waals surface area contributed by atoms with E-state index in [1.54, 1.807) is 0 Å². The fourth-order valence-corrected chi connectivity index (χ4v) is 2.59. The number of halogens is 1. The molecule has 0 saturated heterocycles. The van der Waals surface area contributed by atoms with E-state index < -0.39 is 0 Å². The first-order valence-corrected chi connectivity index (χ1v) is 7.25. The van der Waals surface area contributed by atoms with E-state index in [4.69, 9.17) is 5.73 Å². The van der Waals surface area contributed by atoms with Gasteiger partial charge in [0.2, 0.25) is 0 Å². The Labute approximate surface area is 133 Å². The number of anilines is 1. The number of amides is 2. The van der Waals surface area contributed by atoms with Crippen molar-refractivity contribution in [3.63, 3.8) is 0 Å². The largest absolute Gasteiger partial charge is 0.403 e. The number of carbonyl (C=O) groups is 1. The molecule has 2 aromatic rings. The smallest absolute Gasteiger partial charge is 0.319 e. The highest BCUT2D eigenvalue weighted by atomic mass is 19.1. The van der Waals surface area contributed by atoms with Gasteiger partial charge in [-0.1, -0.05) is 24.3 Å². The van der Waals surface area contributed by atoms with Gasteiger partial charge in [-0.25, -0.2) is 9.18 Å². The van der Waals surface area contributed by atoms with E-state index in [0.717, 1.165) is 16.8 Å². The number of urea groups is 1. The van der Waals surface area contributed by atoms with E-state index in [-0.39, 0.29) is 17.9 Å². The highest BCUT2D eigenvalue weighted by Gasteiger charge is 2.25. The van der Waals surface area contributed by atoms with Gasteiger partial charge in [-0.15, -0.1) is 0 Å². The molecule has 6 heteroatoms. The Bertz CT molecular complexity index is 743. The Balaban J connectivity index is 1.60. The van der Waals surface area contributed by atoms with Gasteiger partial charge in [-0.3, -0.25) is 0 Å². The van der Waals surface area contributed by atoms with Gasteiger partial charge in [0, 0.05) is 24.0 Å². The first kappa shape index (κ1) is 14.9. The molecule has 118 valence electrons. The molecule has 5 N–H and O–H groups in total. The molecule has 0 radical (unpaired) electrons. The molecule has 0 spiro atoms. The van der Waals surface area contributed by atoms with Crippen LogP contribution in [-0.2, 0) is 0 Å². The van der Waals surface area contributed by atoms with Crippen LogP contribution in [0.1, 0.15) is 17.2 Å². The SMILES string of the molecule is N/C=C1\NC(CNC(=O)Nc2ccc(F)cc2)c2ccccc21. The van der Waals surface area contributed by atoms with E-state index in [1.807, 2.05) is 24.3 Å². The molecular weight excluding hydrogens is 295 g/mol. The Morgan fingerprint density at radius 3 is 2.70 bits per heavy atom. The molecule has 0 aromatic heterocycles. The predicted octanol–water partition coefficient (Wildman–Crippen LogP) is 2.55. The number of hydrogen-bond donors (Lipinski definition) is 4. The van der Waals surface area contributed by atoms with Crippen LogP contribution in [0, 0.1) is 5.82 Å². The first-order chi connectivity index (χ1) is 11.2. The van der Waals surface area contributed by atoms with Gasteiger partial charge in [0.05, 0.1) is 11.7 Å². The van der Waals surface area contributed by atoms with Crippen LogP contribution in [0.2, 0.25) is 0 Å². The predicted molar refractivity (Wildman–Crippen MR) is 87.9 cm³/mol. The van der Waals surface area contributed by atoms with Crippen molar-refractivity contribution in [1.29, 1.82) is 0 Å². The number of benzene rings is 2. The van der Waals surface area contributed by atoms with E-state index in [1.165, 1.54) is 30.5 Å². The van der Waals surface area contributed by atoms with Crippen LogP contribution in [-0.4, -0.2) is 12.6 Å². The van der Waals surface area contributed by atoms with Gasteiger partial charge in [0.1, 0.15) is 5.82 Å².